The minimum absolute atomic E-state index is 0.0605. The third-order valence-electron chi connectivity index (χ3n) is 3.89. The molecule has 1 saturated heterocycles. The van der Waals surface area contributed by atoms with Crippen LogP contribution in [0.1, 0.15) is 12.8 Å². The summed E-state index contributed by atoms with van der Waals surface area (Å²) >= 11 is 1.77. The Morgan fingerprint density at radius 3 is 2.76 bits per heavy atom. The first-order chi connectivity index (χ1) is 10.2. The predicted octanol–water partition coefficient (Wildman–Crippen LogP) is 2.77. The fraction of sp³-hybridized carbons (Fsp3) is 0.533. The maximum absolute atomic E-state index is 5.44. The van der Waals surface area contributed by atoms with Gasteiger partial charge in [-0.1, -0.05) is 11.8 Å². The number of nitrogens with one attached hydrogen (secondary N) is 1. The molecule has 114 valence electrons. The molecular formula is C15H20N2O3S. The zero-order valence-corrected chi connectivity index (χ0v) is 13.2. The van der Waals surface area contributed by atoms with E-state index in [9.17, 15) is 0 Å². The van der Waals surface area contributed by atoms with E-state index in [1.165, 1.54) is 0 Å². The molecule has 3 rings (SSSR count). The van der Waals surface area contributed by atoms with Crippen LogP contribution in [0.5, 0.6) is 11.5 Å². The topological polar surface area (TPSA) is 52.1 Å². The third-order valence-corrected chi connectivity index (χ3v) is 5.04. The Kier molecular flexibility index (Phi) is 4.26. The smallest absolute Gasteiger partial charge is 0.161 e. The van der Waals surface area contributed by atoms with Gasteiger partial charge in [-0.3, -0.25) is 4.99 Å². The molecule has 0 aromatic heterocycles. The molecule has 2 heterocycles. The first-order valence-corrected chi connectivity index (χ1v) is 8.03. The van der Waals surface area contributed by atoms with E-state index >= 15 is 0 Å². The third kappa shape index (κ3) is 3.11. The molecule has 1 spiro atoms. The first kappa shape index (κ1) is 14.5. The summed E-state index contributed by atoms with van der Waals surface area (Å²) in [5, 5.41) is 4.33. The number of methoxy groups -OCH3 is 2. The molecule has 21 heavy (non-hydrogen) atoms. The lowest BCUT2D eigenvalue weighted by Crippen LogP contribution is -2.34. The molecule has 6 heteroatoms. The van der Waals surface area contributed by atoms with Crippen molar-refractivity contribution in [3.8, 4) is 11.5 Å². The van der Waals surface area contributed by atoms with Crippen LogP contribution in [-0.4, -0.2) is 43.9 Å². The Morgan fingerprint density at radius 2 is 2.05 bits per heavy atom. The van der Waals surface area contributed by atoms with Crippen molar-refractivity contribution in [3.63, 3.8) is 0 Å². The highest BCUT2D eigenvalue weighted by molar-refractivity contribution is 8.14. The second kappa shape index (κ2) is 6.15. The van der Waals surface area contributed by atoms with Crippen LogP contribution in [0.3, 0.4) is 0 Å². The molecule has 0 aliphatic carbocycles. The summed E-state index contributed by atoms with van der Waals surface area (Å²) in [4.78, 5) is 4.89. The van der Waals surface area contributed by atoms with E-state index < -0.39 is 0 Å². The number of anilines is 1. The molecule has 0 saturated carbocycles. The normalized spacial score (nSPS) is 20.2. The maximum Gasteiger partial charge on any atom is 0.161 e. The van der Waals surface area contributed by atoms with Crippen molar-refractivity contribution in [2.45, 2.75) is 18.4 Å². The number of nitrogens with zero attached hydrogens (tertiary/aromatic N) is 1. The number of thioether (sulfide) groups is 1. The molecule has 0 unspecified atom stereocenters. The van der Waals surface area contributed by atoms with Gasteiger partial charge in [-0.2, -0.15) is 0 Å². The summed E-state index contributed by atoms with van der Waals surface area (Å²) in [5.41, 5.74) is 0.971. The summed E-state index contributed by atoms with van der Waals surface area (Å²) in [7, 11) is 3.30. The van der Waals surface area contributed by atoms with Gasteiger partial charge in [0.15, 0.2) is 5.17 Å². The lowest BCUT2D eigenvalue weighted by molar-refractivity contribution is 0.0624. The maximum atomic E-state index is 5.44. The molecule has 1 aromatic carbocycles. The van der Waals surface area contributed by atoms with Gasteiger partial charge in [0.2, 0.25) is 0 Å². The summed E-state index contributed by atoms with van der Waals surface area (Å²) in [6.45, 7) is 1.62. The van der Waals surface area contributed by atoms with Crippen LogP contribution in [0.15, 0.2) is 23.2 Å². The Balaban J connectivity index is 1.76. The number of hydrogen-bond acceptors (Lipinski definition) is 6. The lowest BCUT2D eigenvalue weighted by atomic mass is 9.93. The summed E-state index contributed by atoms with van der Waals surface area (Å²) < 4.78 is 16.1. The van der Waals surface area contributed by atoms with Gasteiger partial charge in [0.25, 0.3) is 0 Å². The molecule has 2 aliphatic rings. The number of hydrogen-bond donors (Lipinski definition) is 1. The average molecular weight is 308 g/mol. The monoisotopic (exact) mass is 308 g/mol. The summed E-state index contributed by atoms with van der Waals surface area (Å²) in [5.74, 6) is 2.56. The van der Waals surface area contributed by atoms with E-state index in [2.05, 4.69) is 5.32 Å². The molecule has 1 aromatic rings. The zero-order valence-electron chi connectivity index (χ0n) is 12.3. The van der Waals surface area contributed by atoms with E-state index in [4.69, 9.17) is 19.2 Å². The van der Waals surface area contributed by atoms with Gasteiger partial charge in [0, 0.05) is 25.0 Å². The highest BCUT2D eigenvalue weighted by Crippen LogP contribution is 2.37. The minimum atomic E-state index is 0.0605. The quantitative estimate of drug-likeness (QED) is 0.930. The molecule has 5 nitrogen and oxygen atoms in total. The average Bonchev–Trinajstić information content (AvgIpc) is 2.90. The molecule has 2 aliphatic heterocycles. The molecule has 1 fully saturated rings. The van der Waals surface area contributed by atoms with Crippen LogP contribution in [0.25, 0.3) is 0 Å². The standard InChI is InChI=1S/C15H20N2O3S/c1-18-11-3-4-12(13(9-11)19-2)16-14-17-15(10-21-14)5-7-20-8-6-15/h3-4,9H,5-8,10H2,1-2H3,(H,16,17). The zero-order chi connectivity index (χ0) is 14.7. The van der Waals surface area contributed by atoms with Crippen LogP contribution in [-0.2, 0) is 4.74 Å². The van der Waals surface area contributed by atoms with Gasteiger partial charge >= 0.3 is 0 Å². The van der Waals surface area contributed by atoms with Crippen molar-refractivity contribution in [2.75, 3.05) is 38.5 Å². The van der Waals surface area contributed by atoms with Crippen LogP contribution in [0.4, 0.5) is 5.69 Å². The van der Waals surface area contributed by atoms with Crippen molar-refractivity contribution in [1.29, 1.82) is 0 Å². The van der Waals surface area contributed by atoms with E-state index in [-0.39, 0.29) is 5.54 Å². The van der Waals surface area contributed by atoms with Gasteiger partial charge in [0.1, 0.15) is 11.5 Å². The van der Waals surface area contributed by atoms with Crippen molar-refractivity contribution >= 4 is 22.6 Å². The Bertz CT molecular complexity index is 542. The highest BCUT2D eigenvalue weighted by Gasteiger charge is 2.37. The highest BCUT2D eigenvalue weighted by atomic mass is 32.2. The van der Waals surface area contributed by atoms with Gasteiger partial charge in [-0.15, -0.1) is 0 Å². The second-order valence-corrected chi connectivity index (χ2v) is 6.20. The van der Waals surface area contributed by atoms with E-state index in [1.807, 2.05) is 18.2 Å². The van der Waals surface area contributed by atoms with Gasteiger partial charge in [-0.05, 0) is 25.0 Å². The fourth-order valence-corrected chi connectivity index (χ4v) is 3.77. The number of amidine groups is 1. The van der Waals surface area contributed by atoms with Crippen molar-refractivity contribution in [1.82, 2.24) is 0 Å². The lowest BCUT2D eigenvalue weighted by Gasteiger charge is -2.29. The van der Waals surface area contributed by atoms with Crippen LogP contribution in [0.2, 0.25) is 0 Å². The number of ether oxygens (including phenoxy) is 3. The van der Waals surface area contributed by atoms with Crippen LogP contribution >= 0.6 is 11.8 Å². The Hall–Kier alpha value is -1.40. The van der Waals surface area contributed by atoms with E-state index in [1.54, 1.807) is 26.0 Å². The van der Waals surface area contributed by atoms with Gasteiger partial charge in [0.05, 0.1) is 25.4 Å². The summed E-state index contributed by atoms with van der Waals surface area (Å²) in [6.07, 6.45) is 2.01. The van der Waals surface area contributed by atoms with Crippen LogP contribution in [0, 0.1) is 0 Å². The van der Waals surface area contributed by atoms with Crippen molar-refractivity contribution < 1.29 is 14.2 Å². The van der Waals surface area contributed by atoms with Gasteiger partial charge < -0.3 is 19.5 Å². The molecule has 0 atom stereocenters. The number of benzene rings is 1. The Morgan fingerprint density at radius 1 is 1.24 bits per heavy atom. The SMILES string of the molecule is COc1ccc(NC2=NC3(CCOCC3)CS2)c(OC)c1. The van der Waals surface area contributed by atoms with Gasteiger partial charge in [-0.25, -0.2) is 0 Å². The van der Waals surface area contributed by atoms with Crippen molar-refractivity contribution in [3.05, 3.63) is 18.2 Å². The molecule has 1 N–H and O–H groups in total. The molecule has 0 amide bonds. The second-order valence-electron chi connectivity index (χ2n) is 5.23. The van der Waals surface area contributed by atoms with E-state index in [0.717, 1.165) is 54.2 Å². The largest absolute Gasteiger partial charge is 0.497 e. The number of aliphatic imine (C=N–C) groups is 1. The molecular weight excluding hydrogens is 288 g/mol. The van der Waals surface area contributed by atoms with Crippen LogP contribution < -0.4 is 14.8 Å². The van der Waals surface area contributed by atoms with Crippen molar-refractivity contribution in [2.24, 2.45) is 4.99 Å². The minimum Gasteiger partial charge on any atom is -0.497 e. The molecule has 0 bridgehead atoms. The fourth-order valence-electron chi connectivity index (χ4n) is 2.57. The van der Waals surface area contributed by atoms with E-state index in [0.29, 0.717) is 0 Å². The summed E-state index contributed by atoms with van der Waals surface area (Å²) in [6, 6.07) is 5.73. The molecule has 0 radical (unpaired) electrons. The number of rotatable bonds is 3. The Labute approximate surface area is 129 Å². The predicted molar refractivity (Wildman–Crippen MR) is 85.8 cm³/mol. The first-order valence-electron chi connectivity index (χ1n) is 7.04.